The molecule has 2 aliphatic heterocycles. The number of alkyl carbamates (subject to hydrolysis) is 1. The third-order valence-corrected chi connectivity index (χ3v) is 11.8. The number of ether oxygens (including phenoxy) is 1. The van der Waals surface area contributed by atoms with Crippen LogP contribution in [0, 0.1) is 0 Å². The van der Waals surface area contributed by atoms with Crippen molar-refractivity contribution >= 4 is 72.5 Å². The molecular formula is C49H62Cl2N10O4Si. The minimum atomic E-state index is -0.611. The molecule has 6 atom stereocenters. The average molecular weight is 954 g/mol. The minimum absolute atomic E-state index is 0. The number of carbonyl (C=O) groups is 3. The average Bonchev–Trinajstić information content (AvgIpc) is 3.79. The number of benzene rings is 3. The van der Waals surface area contributed by atoms with Crippen LogP contribution in [0.2, 0.25) is 36.2 Å². The number of halogens is 2. The Kier molecular flexibility index (Phi) is 17.2. The maximum Gasteiger partial charge on any atom is 0.407 e. The fraction of sp³-hybridized carbons (Fsp3) is 0.408. The van der Waals surface area contributed by atoms with Gasteiger partial charge >= 0.3 is 6.09 Å². The van der Waals surface area contributed by atoms with Crippen LogP contribution in [0.4, 0.5) is 28.1 Å². The number of rotatable bonds is 9. The number of carbonyl (C=O) groups excluding carboxylic acids is 3. The van der Waals surface area contributed by atoms with Crippen molar-refractivity contribution in [2.24, 2.45) is 5.73 Å². The maximum absolute atomic E-state index is 12.7. The second kappa shape index (κ2) is 22.7. The van der Waals surface area contributed by atoms with Crippen LogP contribution in [-0.2, 0) is 20.9 Å². The van der Waals surface area contributed by atoms with Crippen LogP contribution in [0.25, 0.3) is 0 Å². The Morgan fingerprint density at radius 3 is 1.67 bits per heavy atom. The predicted molar refractivity (Wildman–Crippen MR) is 267 cm³/mol. The van der Waals surface area contributed by atoms with E-state index >= 15 is 0 Å². The summed E-state index contributed by atoms with van der Waals surface area (Å²) < 4.78 is 5.36. The van der Waals surface area contributed by atoms with Crippen molar-refractivity contribution in [2.45, 2.75) is 128 Å². The summed E-state index contributed by atoms with van der Waals surface area (Å²) >= 11 is 12.7. The molecule has 66 heavy (non-hydrogen) atoms. The SMILES string of the molecule is C.C[Si](C)(C)C.N[C@H]1CCC[C@@H](Nc2ncc(Cl)c(C3C(=O)Nc4ccccc43)n2)C1.O=C(N[C@H]1CCC[C@@H](Nc2ncc(Cl)c(C3C(=O)Nc4ccccc43)n2)C1)OCc1ccccc1. The number of hydrogen-bond acceptors (Lipinski definition) is 11. The van der Waals surface area contributed by atoms with Crippen molar-refractivity contribution in [3.05, 3.63) is 129 Å². The van der Waals surface area contributed by atoms with E-state index in [1.807, 2.05) is 78.9 Å². The first-order chi connectivity index (χ1) is 31.2. The summed E-state index contributed by atoms with van der Waals surface area (Å²) in [6.07, 6.45) is 10.2. The quantitative estimate of drug-likeness (QED) is 0.0769. The lowest BCUT2D eigenvalue weighted by molar-refractivity contribution is -0.117. The number of nitrogens with zero attached hydrogens (tertiary/aromatic N) is 4. The van der Waals surface area contributed by atoms with Gasteiger partial charge in [0.1, 0.15) is 18.4 Å². The van der Waals surface area contributed by atoms with E-state index < -0.39 is 26.0 Å². The van der Waals surface area contributed by atoms with E-state index in [0.717, 1.165) is 73.0 Å². The first-order valence-corrected chi connectivity index (χ1v) is 27.0. The lowest BCUT2D eigenvalue weighted by Gasteiger charge is -2.30. The number of anilines is 4. The summed E-state index contributed by atoms with van der Waals surface area (Å²) in [5.74, 6) is -0.459. The van der Waals surface area contributed by atoms with E-state index in [4.69, 9.17) is 33.7 Å². The summed E-state index contributed by atoms with van der Waals surface area (Å²) in [6, 6.07) is 25.2. The zero-order chi connectivity index (χ0) is 46.1. The molecule has 4 aliphatic rings. The van der Waals surface area contributed by atoms with Gasteiger partial charge in [-0.05, 0) is 80.2 Å². The topological polar surface area (TPSA) is 198 Å². The lowest BCUT2D eigenvalue weighted by Crippen LogP contribution is -2.42. The fourth-order valence-corrected chi connectivity index (χ4v) is 8.77. The van der Waals surface area contributed by atoms with Gasteiger partial charge in [-0.15, -0.1) is 0 Å². The van der Waals surface area contributed by atoms with E-state index in [-0.39, 0.29) is 50.0 Å². The smallest absolute Gasteiger partial charge is 0.407 e. The molecule has 2 aromatic heterocycles. The Bertz CT molecular complexity index is 2450. The molecule has 2 aliphatic carbocycles. The lowest BCUT2D eigenvalue weighted by atomic mass is 9.91. The van der Waals surface area contributed by atoms with E-state index in [0.29, 0.717) is 39.8 Å². The Morgan fingerprint density at radius 2 is 1.15 bits per heavy atom. The maximum atomic E-state index is 12.7. The van der Waals surface area contributed by atoms with Crippen molar-refractivity contribution in [3.63, 3.8) is 0 Å². The van der Waals surface area contributed by atoms with E-state index in [9.17, 15) is 14.4 Å². The van der Waals surface area contributed by atoms with Crippen LogP contribution < -0.4 is 32.3 Å². The van der Waals surface area contributed by atoms with Gasteiger partial charge in [-0.25, -0.2) is 24.7 Å². The number of amides is 3. The van der Waals surface area contributed by atoms with Gasteiger partial charge in [-0.2, -0.15) is 0 Å². The number of nitrogens with two attached hydrogens (primary N) is 1. The molecule has 7 N–H and O–H groups in total. The second-order valence-corrected chi connectivity index (χ2v) is 25.4. The monoisotopic (exact) mass is 952 g/mol. The van der Waals surface area contributed by atoms with Gasteiger partial charge in [0.25, 0.3) is 0 Å². The van der Waals surface area contributed by atoms with Gasteiger partial charge in [-0.3, -0.25) is 9.59 Å². The van der Waals surface area contributed by atoms with Crippen molar-refractivity contribution in [3.8, 4) is 0 Å². The van der Waals surface area contributed by atoms with E-state index in [1.165, 1.54) is 6.20 Å². The second-order valence-electron chi connectivity index (χ2n) is 18.6. The third-order valence-electron chi connectivity index (χ3n) is 11.3. The molecule has 14 nitrogen and oxygen atoms in total. The summed E-state index contributed by atoms with van der Waals surface area (Å²) in [5, 5.41) is 16.2. The van der Waals surface area contributed by atoms with Gasteiger partial charge in [-0.1, -0.05) is 124 Å². The first-order valence-electron chi connectivity index (χ1n) is 22.3. The van der Waals surface area contributed by atoms with Crippen molar-refractivity contribution in [1.29, 1.82) is 0 Å². The largest absolute Gasteiger partial charge is 0.445 e. The normalized spacial score (nSPS) is 21.7. The fourth-order valence-electron chi connectivity index (χ4n) is 8.37. The van der Waals surface area contributed by atoms with Gasteiger partial charge in [0.2, 0.25) is 23.7 Å². The molecule has 4 heterocycles. The molecule has 3 aromatic carbocycles. The van der Waals surface area contributed by atoms with Crippen LogP contribution in [0.15, 0.2) is 91.3 Å². The number of para-hydroxylation sites is 2. The van der Waals surface area contributed by atoms with Gasteiger partial charge in [0.05, 0.1) is 33.8 Å². The van der Waals surface area contributed by atoms with Crippen LogP contribution in [0.5, 0.6) is 0 Å². The standard InChI is InChI=1S/C26H26ClN5O3.C18H20ClN5O.C4H12Si.CH4/c27-20-14-28-25(32-23(20)22-19-11-4-5-12-21(19)31-24(22)33)29-17-9-6-10-18(13-17)30-26(34)35-15-16-7-2-1-3-8-16;19-13-9-21-18(22-11-5-3-4-10(20)8-11)24-16(13)15-12-6-1-2-7-14(12)23-17(15)25;1-5(2,3)4;/h1-5,7-8,11-12,14,17-18,22H,6,9-10,13,15H2,(H,30,34)(H,31,33)(H,28,29,32);1-2,6-7,9-11,15H,3-5,8,20H2,(H,23,25)(H,21,22,24);1-4H3;1H4/t17-,18+,22?;10-,11+,15?;;/m10../s1. The molecule has 0 bridgehead atoms. The van der Waals surface area contributed by atoms with Crippen LogP contribution in [0.3, 0.4) is 0 Å². The Labute approximate surface area is 399 Å². The van der Waals surface area contributed by atoms with Gasteiger partial charge < -0.3 is 37.1 Å². The highest BCUT2D eigenvalue weighted by atomic mass is 35.5. The Morgan fingerprint density at radius 1 is 0.697 bits per heavy atom. The number of fused-ring (bicyclic) bond motifs is 2. The summed E-state index contributed by atoms with van der Waals surface area (Å²) in [4.78, 5) is 55.2. The molecule has 3 amide bonds. The summed E-state index contributed by atoms with van der Waals surface area (Å²) in [5.41, 5.74) is 11.3. The molecule has 0 radical (unpaired) electrons. The van der Waals surface area contributed by atoms with Crippen LogP contribution in [0.1, 0.15) is 98.7 Å². The zero-order valence-corrected chi connectivity index (χ0v) is 39.8. The molecule has 2 saturated carbocycles. The molecule has 5 aromatic rings. The highest BCUT2D eigenvalue weighted by Crippen LogP contribution is 2.40. The highest BCUT2D eigenvalue weighted by molar-refractivity contribution is 6.74. The molecule has 2 unspecified atom stereocenters. The molecule has 0 spiro atoms. The Balaban J connectivity index is 0.000000204. The zero-order valence-electron chi connectivity index (χ0n) is 37.2. The molecule has 9 rings (SSSR count). The van der Waals surface area contributed by atoms with Crippen LogP contribution >= 0.6 is 23.2 Å². The van der Waals surface area contributed by atoms with Crippen molar-refractivity contribution < 1.29 is 19.1 Å². The van der Waals surface area contributed by atoms with Crippen molar-refractivity contribution in [2.75, 3.05) is 21.3 Å². The molecule has 17 heteroatoms. The predicted octanol–water partition coefficient (Wildman–Crippen LogP) is 10.3. The summed E-state index contributed by atoms with van der Waals surface area (Å²) in [6.45, 7) is 9.54. The number of nitrogens with one attached hydrogen (secondary N) is 5. The Hall–Kier alpha value is -5.61. The minimum Gasteiger partial charge on any atom is -0.445 e. The molecular weight excluding hydrogens is 892 g/mol. The van der Waals surface area contributed by atoms with Gasteiger partial charge in [0.15, 0.2) is 0 Å². The molecule has 2 fully saturated rings. The molecule has 0 saturated heterocycles. The van der Waals surface area contributed by atoms with Crippen molar-refractivity contribution in [1.82, 2.24) is 25.3 Å². The van der Waals surface area contributed by atoms with Crippen LogP contribution in [-0.4, -0.2) is 70.1 Å². The summed E-state index contributed by atoms with van der Waals surface area (Å²) in [7, 11) is -0.611. The van der Waals surface area contributed by atoms with E-state index in [2.05, 4.69) is 72.7 Å². The molecule has 350 valence electrons. The van der Waals surface area contributed by atoms with E-state index in [1.54, 1.807) is 6.20 Å². The number of aromatic nitrogens is 4. The van der Waals surface area contributed by atoms with Gasteiger partial charge in [0, 0.05) is 43.6 Å². The first kappa shape index (κ1) is 49.8. The third kappa shape index (κ3) is 13.5. The number of hydrogen-bond donors (Lipinski definition) is 6. The highest BCUT2D eigenvalue weighted by Gasteiger charge is 2.36.